The highest BCUT2D eigenvalue weighted by Gasteiger charge is 2.25. The molecule has 0 spiro atoms. The van der Waals surface area contributed by atoms with Gasteiger partial charge in [0.2, 0.25) is 5.89 Å². The lowest BCUT2D eigenvalue weighted by atomic mass is 10.1. The molecule has 1 saturated carbocycles. The fraction of sp³-hybridized carbons (Fsp3) is 0.333. The maximum atomic E-state index is 13.0. The summed E-state index contributed by atoms with van der Waals surface area (Å²) in [7, 11) is 0. The van der Waals surface area contributed by atoms with Gasteiger partial charge in [-0.15, -0.1) is 0 Å². The number of amides is 1. The standard InChI is InChI=1S/C24H26FN3O2/c1-17-4-2-3-5-20(17)14-28(13-19-6-7-19)15-23-27-22(16-30-23)24(29)26-12-18-8-10-21(25)11-9-18/h2-5,8-11,16,19H,6-7,12-15H2,1H3,(H,26,29). The third-order valence-corrected chi connectivity index (χ3v) is 5.38. The highest BCUT2D eigenvalue weighted by atomic mass is 19.1. The van der Waals surface area contributed by atoms with Gasteiger partial charge in [-0.1, -0.05) is 36.4 Å². The highest BCUT2D eigenvalue weighted by molar-refractivity contribution is 5.91. The first-order valence-corrected chi connectivity index (χ1v) is 10.3. The minimum atomic E-state index is -0.304. The highest BCUT2D eigenvalue weighted by Crippen LogP contribution is 2.31. The summed E-state index contributed by atoms with van der Waals surface area (Å²) in [4.78, 5) is 19.1. The van der Waals surface area contributed by atoms with Crippen LogP contribution in [-0.4, -0.2) is 22.3 Å². The van der Waals surface area contributed by atoms with Crippen molar-refractivity contribution in [2.75, 3.05) is 6.54 Å². The van der Waals surface area contributed by atoms with E-state index in [2.05, 4.69) is 46.4 Å². The predicted molar refractivity (Wildman–Crippen MR) is 112 cm³/mol. The molecule has 1 aromatic heterocycles. The number of aromatic nitrogens is 1. The molecule has 0 aliphatic heterocycles. The first-order chi connectivity index (χ1) is 14.6. The number of aryl methyl sites for hydroxylation is 1. The molecule has 0 atom stereocenters. The van der Waals surface area contributed by atoms with Crippen LogP contribution in [0.25, 0.3) is 0 Å². The van der Waals surface area contributed by atoms with E-state index in [1.165, 1.54) is 42.4 Å². The average molecular weight is 407 g/mol. The number of nitrogens with one attached hydrogen (secondary N) is 1. The van der Waals surface area contributed by atoms with Gasteiger partial charge in [-0.25, -0.2) is 9.37 Å². The van der Waals surface area contributed by atoms with Gasteiger partial charge in [0, 0.05) is 19.6 Å². The maximum Gasteiger partial charge on any atom is 0.273 e. The van der Waals surface area contributed by atoms with Crippen molar-refractivity contribution in [3.63, 3.8) is 0 Å². The second kappa shape index (κ2) is 9.22. The van der Waals surface area contributed by atoms with Crippen molar-refractivity contribution in [3.05, 3.63) is 88.9 Å². The van der Waals surface area contributed by atoms with Crippen LogP contribution >= 0.6 is 0 Å². The van der Waals surface area contributed by atoms with Crippen molar-refractivity contribution in [2.45, 2.75) is 39.4 Å². The monoisotopic (exact) mass is 407 g/mol. The van der Waals surface area contributed by atoms with Gasteiger partial charge in [0.05, 0.1) is 6.54 Å². The summed E-state index contributed by atoms with van der Waals surface area (Å²) in [5.41, 5.74) is 3.64. The third-order valence-electron chi connectivity index (χ3n) is 5.38. The van der Waals surface area contributed by atoms with Crippen molar-refractivity contribution >= 4 is 5.91 Å². The van der Waals surface area contributed by atoms with Gasteiger partial charge in [-0.05, 0) is 54.5 Å². The number of oxazole rings is 1. The van der Waals surface area contributed by atoms with Crippen molar-refractivity contribution in [3.8, 4) is 0 Å². The molecule has 1 aliphatic rings. The Kier molecular flexibility index (Phi) is 6.23. The number of carbonyl (C=O) groups excluding carboxylic acids is 1. The van der Waals surface area contributed by atoms with Crippen LogP contribution in [0, 0.1) is 18.7 Å². The number of hydrogen-bond acceptors (Lipinski definition) is 4. The summed E-state index contributed by atoms with van der Waals surface area (Å²) >= 11 is 0. The van der Waals surface area contributed by atoms with E-state index in [4.69, 9.17) is 4.42 Å². The lowest BCUT2D eigenvalue weighted by molar-refractivity contribution is 0.0945. The number of carbonyl (C=O) groups is 1. The van der Waals surface area contributed by atoms with Gasteiger partial charge < -0.3 is 9.73 Å². The van der Waals surface area contributed by atoms with Crippen molar-refractivity contribution in [2.24, 2.45) is 5.92 Å². The summed E-state index contributed by atoms with van der Waals surface area (Å²) in [6.07, 6.45) is 3.94. The molecule has 4 rings (SSSR count). The van der Waals surface area contributed by atoms with Gasteiger partial charge in [-0.3, -0.25) is 9.69 Å². The first kappa shape index (κ1) is 20.3. The van der Waals surface area contributed by atoms with E-state index < -0.39 is 0 Å². The largest absolute Gasteiger partial charge is 0.447 e. The molecule has 156 valence electrons. The van der Waals surface area contributed by atoms with Gasteiger partial charge in [0.1, 0.15) is 12.1 Å². The van der Waals surface area contributed by atoms with Gasteiger partial charge in [0.25, 0.3) is 5.91 Å². The summed E-state index contributed by atoms with van der Waals surface area (Å²) < 4.78 is 18.6. The summed E-state index contributed by atoms with van der Waals surface area (Å²) in [6, 6.07) is 14.4. The van der Waals surface area contributed by atoms with E-state index in [-0.39, 0.29) is 17.4 Å². The normalized spacial score (nSPS) is 13.6. The van der Waals surface area contributed by atoms with Crippen LogP contribution in [0.15, 0.2) is 59.2 Å². The molecule has 1 N–H and O–H groups in total. The second-order valence-corrected chi connectivity index (χ2v) is 7.98. The zero-order chi connectivity index (χ0) is 20.9. The second-order valence-electron chi connectivity index (χ2n) is 7.98. The molecule has 1 aliphatic carbocycles. The number of rotatable bonds is 9. The molecule has 0 unspecified atom stereocenters. The Labute approximate surface area is 175 Å². The Morgan fingerprint density at radius 2 is 1.93 bits per heavy atom. The average Bonchev–Trinajstić information content (AvgIpc) is 3.43. The number of nitrogens with zero attached hydrogens (tertiary/aromatic N) is 2. The van der Waals surface area contributed by atoms with Gasteiger partial charge in [-0.2, -0.15) is 0 Å². The molecule has 2 aromatic carbocycles. The zero-order valence-corrected chi connectivity index (χ0v) is 17.1. The lowest BCUT2D eigenvalue weighted by Crippen LogP contribution is -2.26. The van der Waals surface area contributed by atoms with E-state index >= 15 is 0 Å². The Hall–Kier alpha value is -2.99. The molecular formula is C24H26FN3O2. The van der Waals surface area contributed by atoms with Gasteiger partial charge >= 0.3 is 0 Å². The smallest absolute Gasteiger partial charge is 0.273 e. The fourth-order valence-electron chi connectivity index (χ4n) is 3.43. The molecule has 6 heteroatoms. The van der Waals surface area contributed by atoms with Crippen LogP contribution in [0.2, 0.25) is 0 Å². The van der Waals surface area contributed by atoms with Crippen LogP contribution in [0.4, 0.5) is 4.39 Å². The molecule has 3 aromatic rings. The molecule has 1 amide bonds. The van der Waals surface area contributed by atoms with E-state index in [1.807, 2.05) is 0 Å². The maximum absolute atomic E-state index is 13.0. The quantitative estimate of drug-likeness (QED) is 0.569. The van der Waals surface area contributed by atoms with Crippen LogP contribution in [0.5, 0.6) is 0 Å². The Morgan fingerprint density at radius 1 is 1.17 bits per heavy atom. The molecule has 0 radical (unpaired) electrons. The molecular weight excluding hydrogens is 381 g/mol. The number of hydrogen-bond donors (Lipinski definition) is 1. The van der Waals surface area contributed by atoms with Crippen LogP contribution in [-0.2, 0) is 19.6 Å². The van der Waals surface area contributed by atoms with Crippen molar-refractivity contribution in [1.82, 2.24) is 15.2 Å². The fourth-order valence-corrected chi connectivity index (χ4v) is 3.43. The zero-order valence-electron chi connectivity index (χ0n) is 17.1. The minimum absolute atomic E-state index is 0.259. The van der Waals surface area contributed by atoms with E-state index in [1.54, 1.807) is 12.1 Å². The molecule has 1 heterocycles. The van der Waals surface area contributed by atoms with Crippen molar-refractivity contribution in [1.29, 1.82) is 0 Å². The van der Waals surface area contributed by atoms with Gasteiger partial charge in [0.15, 0.2) is 5.69 Å². The molecule has 5 nitrogen and oxygen atoms in total. The Bertz CT molecular complexity index is 996. The lowest BCUT2D eigenvalue weighted by Gasteiger charge is -2.21. The summed E-state index contributed by atoms with van der Waals surface area (Å²) in [5, 5.41) is 2.79. The van der Waals surface area contributed by atoms with Crippen LogP contribution in [0.3, 0.4) is 0 Å². The summed E-state index contributed by atoms with van der Waals surface area (Å²) in [5.74, 6) is 0.674. The van der Waals surface area contributed by atoms with E-state index in [0.717, 1.165) is 24.6 Å². The van der Waals surface area contributed by atoms with E-state index in [0.29, 0.717) is 19.0 Å². The van der Waals surface area contributed by atoms with Crippen LogP contribution in [0.1, 0.15) is 45.9 Å². The topological polar surface area (TPSA) is 58.4 Å². The molecule has 0 bridgehead atoms. The minimum Gasteiger partial charge on any atom is -0.447 e. The first-order valence-electron chi connectivity index (χ1n) is 10.3. The Balaban J connectivity index is 1.36. The van der Waals surface area contributed by atoms with E-state index in [9.17, 15) is 9.18 Å². The SMILES string of the molecule is Cc1ccccc1CN(Cc1nc(C(=O)NCc2ccc(F)cc2)co1)CC1CC1. The summed E-state index contributed by atoms with van der Waals surface area (Å²) in [6.45, 7) is 4.83. The Morgan fingerprint density at radius 3 is 2.67 bits per heavy atom. The third kappa shape index (κ3) is 5.54. The van der Waals surface area contributed by atoms with Crippen molar-refractivity contribution < 1.29 is 13.6 Å². The molecule has 1 fully saturated rings. The predicted octanol–water partition coefficient (Wildman–Crippen LogP) is 4.46. The number of benzene rings is 2. The number of halogens is 1. The molecule has 0 saturated heterocycles. The van der Waals surface area contributed by atoms with Crippen LogP contribution < -0.4 is 5.32 Å². The molecule has 30 heavy (non-hydrogen) atoms.